The van der Waals surface area contributed by atoms with E-state index in [1.165, 1.54) is 11.3 Å². The van der Waals surface area contributed by atoms with Gasteiger partial charge in [0.25, 0.3) is 5.91 Å². The molecule has 1 aliphatic rings. The van der Waals surface area contributed by atoms with E-state index in [1.807, 2.05) is 19.9 Å². The van der Waals surface area contributed by atoms with Crippen LogP contribution in [0.3, 0.4) is 0 Å². The molecule has 0 saturated carbocycles. The first-order valence-corrected chi connectivity index (χ1v) is 10.7. The van der Waals surface area contributed by atoms with Gasteiger partial charge < -0.3 is 9.32 Å². The van der Waals surface area contributed by atoms with Gasteiger partial charge in [0.1, 0.15) is 11.5 Å². The highest BCUT2D eigenvalue weighted by atomic mass is 32.2. The fraction of sp³-hybridized carbons (Fsp3) is 0.500. The Hall–Kier alpha value is -1.87. The maximum atomic E-state index is 12.8. The first-order valence-electron chi connectivity index (χ1n) is 8.00. The molecule has 1 amide bonds. The van der Waals surface area contributed by atoms with E-state index in [0.29, 0.717) is 36.0 Å². The second kappa shape index (κ2) is 6.45. The summed E-state index contributed by atoms with van der Waals surface area (Å²) in [5.41, 5.74) is 1.44. The topological polar surface area (TPSA) is 92.5 Å². The smallest absolute Gasteiger partial charge is 0.257 e. The van der Waals surface area contributed by atoms with Gasteiger partial charge in [-0.25, -0.2) is 13.4 Å². The Bertz CT molecular complexity index is 912. The third-order valence-electron chi connectivity index (χ3n) is 4.03. The Balaban J connectivity index is 1.79. The van der Waals surface area contributed by atoms with Crippen molar-refractivity contribution < 1.29 is 17.6 Å². The first kappa shape index (κ1) is 17.9. The average molecular weight is 383 g/mol. The molecule has 0 atom stereocenters. The summed E-state index contributed by atoms with van der Waals surface area (Å²) in [4.78, 5) is 19.8. The van der Waals surface area contributed by atoms with Crippen LogP contribution in [0.1, 0.15) is 52.2 Å². The Kier molecular flexibility index (Phi) is 4.63. The van der Waals surface area contributed by atoms with Crippen LogP contribution in [0.15, 0.2) is 10.5 Å². The first-order chi connectivity index (χ1) is 11.6. The molecule has 3 heterocycles. The lowest BCUT2D eigenvalue weighted by Crippen LogP contribution is -2.35. The van der Waals surface area contributed by atoms with E-state index in [0.717, 1.165) is 22.6 Å². The molecule has 136 valence electrons. The number of furan rings is 1. The maximum Gasteiger partial charge on any atom is 0.257 e. The zero-order valence-corrected chi connectivity index (χ0v) is 16.3. The Morgan fingerprint density at radius 1 is 1.44 bits per heavy atom. The van der Waals surface area contributed by atoms with Crippen LogP contribution in [0.25, 0.3) is 0 Å². The summed E-state index contributed by atoms with van der Waals surface area (Å²) >= 11 is 1.27. The highest BCUT2D eigenvalue weighted by molar-refractivity contribution is 7.92. The number of sulfonamides is 1. The molecule has 1 N–H and O–H groups in total. The van der Waals surface area contributed by atoms with Crippen molar-refractivity contribution in [3.8, 4) is 0 Å². The number of amides is 1. The summed E-state index contributed by atoms with van der Waals surface area (Å²) in [6, 6.07) is 1.82. The van der Waals surface area contributed by atoms with Crippen LogP contribution in [-0.2, 0) is 23.0 Å². The SMILES string of the molecule is Cc1oc(C(C)C)cc1C(=O)N1CCc2nc(NS(C)(=O)=O)sc2C1. The fourth-order valence-corrected chi connectivity index (χ4v) is 4.60. The van der Waals surface area contributed by atoms with Crippen molar-refractivity contribution in [3.63, 3.8) is 0 Å². The fourth-order valence-electron chi connectivity index (χ4n) is 2.74. The number of nitrogens with zero attached hydrogens (tertiary/aromatic N) is 2. The Morgan fingerprint density at radius 3 is 2.76 bits per heavy atom. The molecule has 2 aromatic rings. The summed E-state index contributed by atoms with van der Waals surface area (Å²) in [5, 5.41) is 0.350. The van der Waals surface area contributed by atoms with Gasteiger partial charge in [-0.15, -0.1) is 0 Å². The van der Waals surface area contributed by atoms with Crippen molar-refractivity contribution in [2.45, 2.75) is 39.7 Å². The zero-order valence-electron chi connectivity index (χ0n) is 14.6. The van der Waals surface area contributed by atoms with Gasteiger partial charge in [0, 0.05) is 23.8 Å². The number of carbonyl (C=O) groups is 1. The minimum atomic E-state index is -3.36. The number of thiazole rings is 1. The number of hydrogen-bond acceptors (Lipinski definition) is 6. The van der Waals surface area contributed by atoms with E-state index in [2.05, 4.69) is 9.71 Å². The van der Waals surface area contributed by atoms with E-state index in [4.69, 9.17) is 4.42 Å². The maximum absolute atomic E-state index is 12.8. The number of nitrogens with one attached hydrogen (secondary N) is 1. The molecule has 0 spiro atoms. The van der Waals surface area contributed by atoms with E-state index in [1.54, 1.807) is 11.8 Å². The quantitative estimate of drug-likeness (QED) is 0.876. The molecule has 0 saturated heterocycles. The molecule has 7 nitrogen and oxygen atoms in total. The van der Waals surface area contributed by atoms with E-state index < -0.39 is 10.0 Å². The van der Waals surface area contributed by atoms with Crippen LogP contribution in [-0.4, -0.2) is 37.0 Å². The third kappa shape index (κ3) is 3.87. The second-order valence-corrected chi connectivity index (χ2v) is 9.35. The lowest BCUT2D eigenvalue weighted by Gasteiger charge is -2.25. The number of hydrogen-bond donors (Lipinski definition) is 1. The predicted octanol–water partition coefficient (Wildman–Crippen LogP) is 2.74. The number of rotatable bonds is 4. The van der Waals surface area contributed by atoms with Gasteiger partial charge >= 0.3 is 0 Å². The molecule has 9 heteroatoms. The normalized spacial score (nSPS) is 14.7. The zero-order chi connectivity index (χ0) is 18.4. The molecule has 2 aromatic heterocycles. The monoisotopic (exact) mass is 383 g/mol. The van der Waals surface area contributed by atoms with Crippen LogP contribution >= 0.6 is 11.3 Å². The summed E-state index contributed by atoms with van der Waals surface area (Å²) in [6.45, 7) is 6.82. The molecule has 25 heavy (non-hydrogen) atoms. The van der Waals surface area contributed by atoms with Gasteiger partial charge in [-0.2, -0.15) is 0 Å². The molecular formula is C16H21N3O4S2. The highest BCUT2D eigenvalue weighted by Crippen LogP contribution is 2.30. The summed E-state index contributed by atoms with van der Waals surface area (Å²) < 4.78 is 30.8. The van der Waals surface area contributed by atoms with Crippen LogP contribution in [0.2, 0.25) is 0 Å². The van der Waals surface area contributed by atoms with Gasteiger partial charge in [-0.3, -0.25) is 9.52 Å². The number of carbonyl (C=O) groups excluding carboxylic acids is 1. The molecule has 0 aromatic carbocycles. The summed E-state index contributed by atoms with van der Waals surface area (Å²) in [7, 11) is -3.36. The standard InChI is InChI=1S/C16H21N3O4S2/c1-9(2)13-7-11(10(3)23-13)15(20)19-6-5-12-14(8-19)24-16(17-12)18-25(4,21)22/h7,9H,5-6,8H2,1-4H3,(H,17,18). The third-order valence-corrected chi connectivity index (χ3v) is 5.72. The Labute approximate surface area is 151 Å². The van der Waals surface area contributed by atoms with Crippen molar-refractivity contribution in [3.05, 3.63) is 33.7 Å². The minimum Gasteiger partial charge on any atom is -0.465 e. The van der Waals surface area contributed by atoms with E-state index >= 15 is 0 Å². The van der Waals surface area contributed by atoms with Gasteiger partial charge in [0.15, 0.2) is 5.13 Å². The van der Waals surface area contributed by atoms with E-state index in [9.17, 15) is 13.2 Å². The van der Waals surface area contributed by atoms with Crippen LogP contribution in [0.5, 0.6) is 0 Å². The molecule has 0 unspecified atom stereocenters. The van der Waals surface area contributed by atoms with Crippen LogP contribution in [0.4, 0.5) is 5.13 Å². The van der Waals surface area contributed by atoms with Gasteiger partial charge in [-0.05, 0) is 13.0 Å². The Morgan fingerprint density at radius 2 is 2.16 bits per heavy atom. The van der Waals surface area contributed by atoms with Crippen molar-refractivity contribution in [2.24, 2.45) is 0 Å². The van der Waals surface area contributed by atoms with Gasteiger partial charge in [-0.1, -0.05) is 25.2 Å². The molecule has 1 aliphatic heterocycles. The summed E-state index contributed by atoms with van der Waals surface area (Å²) in [6.07, 6.45) is 1.70. The summed E-state index contributed by atoms with van der Waals surface area (Å²) in [5.74, 6) is 1.59. The van der Waals surface area contributed by atoms with Crippen molar-refractivity contribution in [1.82, 2.24) is 9.88 Å². The van der Waals surface area contributed by atoms with Crippen LogP contribution < -0.4 is 4.72 Å². The lowest BCUT2D eigenvalue weighted by molar-refractivity contribution is 0.0734. The molecule has 0 aliphatic carbocycles. The lowest BCUT2D eigenvalue weighted by atomic mass is 10.1. The average Bonchev–Trinajstić information content (AvgIpc) is 3.06. The van der Waals surface area contributed by atoms with Gasteiger partial charge in [0.2, 0.25) is 10.0 Å². The van der Waals surface area contributed by atoms with Crippen molar-refractivity contribution >= 4 is 32.4 Å². The van der Waals surface area contributed by atoms with Crippen molar-refractivity contribution in [1.29, 1.82) is 0 Å². The molecule has 3 rings (SSSR count). The van der Waals surface area contributed by atoms with Crippen molar-refractivity contribution in [2.75, 3.05) is 17.5 Å². The predicted molar refractivity (Wildman–Crippen MR) is 96.6 cm³/mol. The largest absolute Gasteiger partial charge is 0.465 e. The second-order valence-electron chi connectivity index (χ2n) is 6.51. The van der Waals surface area contributed by atoms with E-state index in [-0.39, 0.29) is 11.8 Å². The van der Waals surface area contributed by atoms with Crippen LogP contribution in [0, 0.1) is 6.92 Å². The number of aromatic nitrogens is 1. The molecule has 0 fully saturated rings. The molecular weight excluding hydrogens is 362 g/mol. The highest BCUT2D eigenvalue weighted by Gasteiger charge is 2.28. The minimum absolute atomic E-state index is 0.0650. The number of anilines is 1. The number of fused-ring (bicyclic) bond motifs is 1. The number of aryl methyl sites for hydroxylation is 1. The van der Waals surface area contributed by atoms with Gasteiger partial charge in [0.05, 0.1) is 24.1 Å². The molecule has 0 bridgehead atoms. The molecule has 0 radical (unpaired) electrons.